The van der Waals surface area contributed by atoms with Gasteiger partial charge in [0, 0.05) is 24.4 Å². The molecule has 7 heteroatoms. The average Bonchev–Trinajstić information content (AvgIpc) is 3.15. The summed E-state index contributed by atoms with van der Waals surface area (Å²) in [6.45, 7) is 6.56. The lowest BCUT2D eigenvalue weighted by Gasteiger charge is -2.40. The van der Waals surface area contributed by atoms with Gasteiger partial charge in [-0.3, -0.25) is 4.79 Å². The lowest BCUT2D eigenvalue weighted by atomic mass is 9.84. The normalized spacial score (nSPS) is 19.6. The maximum Gasteiger partial charge on any atom is 0.407 e. The number of carboxylic acids is 1. The molecule has 0 spiro atoms. The number of piperidine rings is 1. The fourth-order valence-electron chi connectivity index (χ4n) is 5.26. The number of amides is 2. The number of ether oxygens (including phenoxy) is 1. The number of hydrogen-bond donors (Lipinski definition) is 2. The standard InChI is InChI=1S/C28H34N2O5/c1-18-12-13-24(25(31)32)30(16-18)26(33)28(2,3)14-15-29-27(34)35-17-23-21-10-6-4-8-19(21)20-9-5-7-11-22(20)23/h4-11,18,23-24H,12-17H2,1-3H3,(H,29,34)(H,31,32). The summed E-state index contributed by atoms with van der Waals surface area (Å²) >= 11 is 0. The molecule has 0 aromatic heterocycles. The number of carbonyl (C=O) groups is 3. The smallest absolute Gasteiger partial charge is 0.407 e. The van der Waals surface area contributed by atoms with Crippen LogP contribution in [0.4, 0.5) is 4.79 Å². The van der Waals surface area contributed by atoms with Crippen LogP contribution in [0, 0.1) is 11.3 Å². The summed E-state index contributed by atoms with van der Waals surface area (Å²) in [7, 11) is 0. The van der Waals surface area contributed by atoms with Crippen molar-refractivity contribution in [2.24, 2.45) is 11.3 Å². The fraction of sp³-hybridized carbons (Fsp3) is 0.464. The highest BCUT2D eigenvalue weighted by Crippen LogP contribution is 2.44. The Morgan fingerprint density at radius 2 is 1.63 bits per heavy atom. The number of rotatable bonds is 7. The Morgan fingerprint density at radius 3 is 2.23 bits per heavy atom. The molecule has 2 aliphatic rings. The van der Waals surface area contributed by atoms with E-state index in [9.17, 15) is 19.5 Å². The highest BCUT2D eigenvalue weighted by atomic mass is 16.5. The van der Waals surface area contributed by atoms with Gasteiger partial charge >= 0.3 is 12.1 Å². The van der Waals surface area contributed by atoms with E-state index in [1.807, 2.05) is 31.2 Å². The Morgan fingerprint density at radius 1 is 1.03 bits per heavy atom. The van der Waals surface area contributed by atoms with E-state index in [4.69, 9.17) is 4.74 Å². The monoisotopic (exact) mass is 478 g/mol. The largest absolute Gasteiger partial charge is 0.480 e. The fourth-order valence-corrected chi connectivity index (χ4v) is 5.26. The van der Waals surface area contributed by atoms with Gasteiger partial charge in [0.25, 0.3) is 0 Å². The van der Waals surface area contributed by atoms with Crippen LogP contribution in [0.25, 0.3) is 11.1 Å². The van der Waals surface area contributed by atoms with Crippen molar-refractivity contribution in [3.05, 3.63) is 59.7 Å². The van der Waals surface area contributed by atoms with Crippen LogP contribution in [0.1, 0.15) is 57.1 Å². The van der Waals surface area contributed by atoms with Crippen molar-refractivity contribution in [3.8, 4) is 11.1 Å². The second kappa shape index (κ2) is 10.1. The number of hydrogen-bond acceptors (Lipinski definition) is 4. The van der Waals surface area contributed by atoms with Crippen molar-refractivity contribution >= 4 is 18.0 Å². The minimum absolute atomic E-state index is 0.0137. The molecule has 186 valence electrons. The molecule has 2 aromatic carbocycles. The maximum atomic E-state index is 13.2. The molecule has 2 aromatic rings. The average molecular weight is 479 g/mol. The Balaban J connectivity index is 1.31. The summed E-state index contributed by atoms with van der Waals surface area (Å²) in [6.07, 6.45) is 1.12. The number of aliphatic carboxylic acids is 1. The van der Waals surface area contributed by atoms with Gasteiger partial charge in [0.05, 0.1) is 0 Å². The Labute approximate surface area is 206 Å². The van der Waals surface area contributed by atoms with Crippen LogP contribution in [-0.2, 0) is 14.3 Å². The summed E-state index contributed by atoms with van der Waals surface area (Å²) in [6, 6.07) is 15.5. The molecule has 1 aliphatic heterocycles. The van der Waals surface area contributed by atoms with E-state index in [1.165, 1.54) is 16.0 Å². The van der Waals surface area contributed by atoms with Crippen LogP contribution in [-0.4, -0.2) is 53.7 Å². The Hall–Kier alpha value is -3.35. The second-order valence-electron chi connectivity index (χ2n) is 10.4. The number of likely N-dealkylation sites (tertiary alicyclic amines) is 1. The molecule has 2 atom stereocenters. The number of carboxylic acid groups (broad SMARTS) is 1. The quantitative estimate of drug-likeness (QED) is 0.604. The second-order valence-corrected chi connectivity index (χ2v) is 10.4. The first kappa shape index (κ1) is 24.8. The molecule has 0 bridgehead atoms. The van der Waals surface area contributed by atoms with Gasteiger partial charge in [0.2, 0.25) is 5.91 Å². The highest BCUT2D eigenvalue weighted by Gasteiger charge is 2.40. The van der Waals surface area contributed by atoms with E-state index in [2.05, 4.69) is 29.6 Å². The molecule has 0 radical (unpaired) electrons. The molecule has 2 unspecified atom stereocenters. The van der Waals surface area contributed by atoms with Crippen molar-refractivity contribution < 1.29 is 24.2 Å². The SMILES string of the molecule is CC1CCC(C(=O)O)N(C(=O)C(C)(C)CCNC(=O)OCC2c3ccccc3-c3ccccc32)C1. The maximum absolute atomic E-state index is 13.2. The van der Waals surface area contributed by atoms with E-state index >= 15 is 0 Å². The summed E-state index contributed by atoms with van der Waals surface area (Å²) < 4.78 is 5.57. The number of nitrogens with zero attached hydrogens (tertiary/aromatic N) is 1. The van der Waals surface area contributed by atoms with Gasteiger partial charge in [-0.25, -0.2) is 9.59 Å². The van der Waals surface area contributed by atoms with Gasteiger partial charge in [-0.1, -0.05) is 69.3 Å². The van der Waals surface area contributed by atoms with E-state index in [0.717, 1.165) is 17.5 Å². The van der Waals surface area contributed by atoms with Crippen molar-refractivity contribution in [2.75, 3.05) is 19.7 Å². The van der Waals surface area contributed by atoms with E-state index in [-0.39, 0.29) is 30.9 Å². The molecule has 1 aliphatic carbocycles. The third kappa shape index (κ3) is 5.19. The topological polar surface area (TPSA) is 95.9 Å². The lowest BCUT2D eigenvalue weighted by molar-refractivity contribution is -0.157. The van der Waals surface area contributed by atoms with Crippen LogP contribution >= 0.6 is 0 Å². The number of carbonyl (C=O) groups excluding carboxylic acids is 2. The molecule has 7 nitrogen and oxygen atoms in total. The third-order valence-corrected chi connectivity index (χ3v) is 7.31. The minimum atomic E-state index is -0.960. The first-order valence-electron chi connectivity index (χ1n) is 12.3. The van der Waals surface area contributed by atoms with Gasteiger partial charge in [-0.15, -0.1) is 0 Å². The van der Waals surface area contributed by atoms with Crippen molar-refractivity contribution in [3.63, 3.8) is 0 Å². The van der Waals surface area contributed by atoms with E-state index < -0.39 is 23.5 Å². The van der Waals surface area contributed by atoms with Crippen LogP contribution in [0.2, 0.25) is 0 Å². The lowest BCUT2D eigenvalue weighted by Crippen LogP contribution is -2.54. The molecular formula is C28H34N2O5. The Bertz CT molecular complexity index is 1070. The van der Waals surface area contributed by atoms with E-state index in [1.54, 1.807) is 13.8 Å². The number of nitrogens with one attached hydrogen (secondary N) is 1. The molecule has 1 fully saturated rings. The number of benzene rings is 2. The third-order valence-electron chi connectivity index (χ3n) is 7.31. The van der Waals surface area contributed by atoms with Gasteiger partial charge < -0.3 is 20.1 Å². The highest BCUT2D eigenvalue weighted by molar-refractivity contribution is 5.87. The molecule has 1 heterocycles. The predicted molar refractivity (Wildman–Crippen MR) is 133 cm³/mol. The van der Waals surface area contributed by atoms with Crippen LogP contribution in [0.5, 0.6) is 0 Å². The summed E-state index contributed by atoms with van der Waals surface area (Å²) in [4.78, 5) is 38.8. The zero-order valence-electron chi connectivity index (χ0n) is 20.6. The van der Waals surface area contributed by atoms with Crippen molar-refractivity contribution in [1.29, 1.82) is 0 Å². The van der Waals surface area contributed by atoms with Gasteiger partial charge in [0.15, 0.2) is 0 Å². The van der Waals surface area contributed by atoms with Gasteiger partial charge in [-0.2, -0.15) is 0 Å². The number of alkyl carbamates (subject to hydrolysis) is 1. The number of fused-ring (bicyclic) bond motifs is 3. The predicted octanol–water partition coefficient (Wildman–Crippen LogP) is 4.65. The summed E-state index contributed by atoms with van der Waals surface area (Å²) in [5.74, 6) is -0.895. The molecule has 2 amide bonds. The van der Waals surface area contributed by atoms with E-state index in [0.29, 0.717) is 19.4 Å². The molecule has 4 rings (SSSR count). The molecule has 35 heavy (non-hydrogen) atoms. The van der Waals surface area contributed by atoms with Gasteiger partial charge in [0.1, 0.15) is 12.6 Å². The van der Waals surface area contributed by atoms with Crippen molar-refractivity contribution in [2.45, 2.75) is 52.0 Å². The van der Waals surface area contributed by atoms with Gasteiger partial charge in [-0.05, 0) is 47.4 Å². The Kier molecular flexibility index (Phi) is 7.15. The minimum Gasteiger partial charge on any atom is -0.480 e. The summed E-state index contributed by atoms with van der Waals surface area (Å²) in [5.41, 5.74) is 3.84. The van der Waals surface area contributed by atoms with Crippen LogP contribution < -0.4 is 5.32 Å². The molecular weight excluding hydrogens is 444 g/mol. The summed E-state index contributed by atoms with van der Waals surface area (Å²) in [5, 5.41) is 12.3. The molecule has 0 saturated carbocycles. The van der Waals surface area contributed by atoms with Crippen molar-refractivity contribution in [1.82, 2.24) is 10.2 Å². The van der Waals surface area contributed by atoms with Crippen LogP contribution in [0.3, 0.4) is 0 Å². The zero-order valence-corrected chi connectivity index (χ0v) is 20.6. The zero-order chi connectivity index (χ0) is 25.2. The first-order chi connectivity index (χ1) is 16.7. The molecule has 2 N–H and O–H groups in total. The molecule has 1 saturated heterocycles. The first-order valence-corrected chi connectivity index (χ1v) is 12.3. The van der Waals surface area contributed by atoms with Crippen LogP contribution in [0.15, 0.2) is 48.5 Å².